The highest BCUT2D eigenvalue weighted by Crippen LogP contribution is 2.29. The van der Waals surface area contributed by atoms with Crippen molar-refractivity contribution in [3.63, 3.8) is 0 Å². The monoisotopic (exact) mass is 364 g/mol. The molecule has 0 spiro atoms. The van der Waals surface area contributed by atoms with Crippen LogP contribution >= 0.6 is 0 Å². The predicted octanol–water partition coefficient (Wildman–Crippen LogP) is 1.26. The Morgan fingerprint density at radius 3 is 2.65 bits per heavy atom. The van der Waals surface area contributed by atoms with E-state index in [-0.39, 0.29) is 30.6 Å². The minimum absolute atomic E-state index is 0.00201. The van der Waals surface area contributed by atoms with Crippen molar-refractivity contribution in [2.75, 3.05) is 20.2 Å². The Bertz CT molecular complexity index is 722. The van der Waals surface area contributed by atoms with Crippen molar-refractivity contribution in [3.8, 4) is 0 Å². The van der Waals surface area contributed by atoms with E-state index in [4.69, 9.17) is 4.74 Å². The van der Waals surface area contributed by atoms with Gasteiger partial charge in [0, 0.05) is 50.7 Å². The minimum Gasteiger partial charge on any atom is -0.444 e. The normalized spacial score (nSPS) is 23.4. The third-order valence-electron chi connectivity index (χ3n) is 4.88. The Kier molecular flexibility index (Phi) is 4.72. The topological polar surface area (TPSA) is 87.9 Å². The van der Waals surface area contributed by atoms with E-state index in [1.807, 2.05) is 27.7 Å². The molecule has 1 aromatic heterocycles. The summed E-state index contributed by atoms with van der Waals surface area (Å²) in [5.41, 5.74) is 1.60. The molecule has 1 aromatic rings. The van der Waals surface area contributed by atoms with E-state index in [2.05, 4.69) is 5.10 Å². The van der Waals surface area contributed by atoms with Crippen molar-refractivity contribution in [1.29, 1.82) is 0 Å². The molecule has 0 aliphatic carbocycles. The fourth-order valence-electron chi connectivity index (χ4n) is 3.60. The zero-order valence-electron chi connectivity index (χ0n) is 16.2. The maximum Gasteiger partial charge on any atom is 0.410 e. The molecule has 2 aliphatic heterocycles. The molecule has 0 aromatic carbocycles. The summed E-state index contributed by atoms with van der Waals surface area (Å²) < 4.78 is 7.23. The van der Waals surface area contributed by atoms with Crippen LogP contribution in [-0.2, 0) is 24.2 Å². The molecule has 2 amide bonds. The molecule has 8 heteroatoms. The van der Waals surface area contributed by atoms with Crippen LogP contribution in [0.2, 0.25) is 0 Å². The largest absolute Gasteiger partial charge is 0.444 e. The third kappa shape index (κ3) is 3.42. The molecule has 0 saturated heterocycles. The first-order valence-corrected chi connectivity index (χ1v) is 9.05. The lowest BCUT2D eigenvalue weighted by Gasteiger charge is -2.34. The zero-order chi connectivity index (χ0) is 19.2. The van der Waals surface area contributed by atoms with E-state index in [0.29, 0.717) is 31.7 Å². The van der Waals surface area contributed by atoms with Gasteiger partial charge in [-0.2, -0.15) is 5.10 Å². The number of rotatable bonds is 1. The number of aromatic nitrogens is 2. The van der Waals surface area contributed by atoms with Gasteiger partial charge < -0.3 is 19.6 Å². The molecule has 1 unspecified atom stereocenters. The second-order valence-corrected chi connectivity index (χ2v) is 8.35. The molecule has 26 heavy (non-hydrogen) atoms. The molecule has 0 radical (unpaired) electrons. The molecule has 0 saturated carbocycles. The summed E-state index contributed by atoms with van der Waals surface area (Å²) >= 11 is 0. The molecule has 1 N–H and O–H groups in total. The smallest absolute Gasteiger partial charge is 0.410 e. The van der Waals surface area contributed by atoms with Gasteiger partial charge in [0.2, 0.25) is 0 Å². The number of aliphatic hydroxyl groups is 1. The molecule has 144 valence electrons. The molecule has 2 atom stereocenters. The van der Waals surface area contributed by atoms with Crippen LogP contribution in [0.15, 0.2) is 0 Å². The number of hydrogen-bond acceptors (Lipinski definition) is 5. The summed E-state index contributed by atoms with van der Waals surface area (Å²) in [4.78, 5) is 28.7. The molecule has 2 aliphatic rings. The van der Waals surface area contributed by atoms with Gasteiger partial charge in [-0.3, -0.25) is 9.48 Å². The van der Waals surface area contributed by atoms with Crippen molar-refractivity contribution in [2.45, 2.75) is 58.8 Å². The summed E-state index contributed by atoms with van der Waals surface area (Å²) in [6.45, 7) is 8.77. The molecule has 0 fully saturated rings. The Hall–Kier alpha value is -2.09. The standard InChI is InChI=1S/C18H28N4O4/c1-11-6-14-13(9-21(11)17(25)26-18(2,3)4)15-16(24)20(5)7-12(10-23)8-22(15)19-14/h11-12,23H,6-10H2,1-5H3/t11-,12?/m1/s1. The van der Waals surface area contributed by atoms with Gasteiger partial charge in [0.1, 0.15) is 11.3 Å². The van der Waals surface area contributed by atoms with Gasteiger partial charge in [-0.25, -0.2) is 4.79 Å². The first-order chi connectivity index (χ1) is 12.1. The Morgan fingerprint density at radius 2 is 2.04 bits per heavy atom. The summed E-state index contributed by atoms with van der Waals surface area (Å²) in [5, 5.41) is 14.2. The average Bonchev–Trinajstić information content (AvgIpc) is 2.81. The second kappa shape index (κ2) is 6.57. The average molecular weight is 364 g/mol. The highest BCUT2D eigenvalue weighted by atomic mass is 16.6. The third-order valence-corrected chi connectivity index (χ3v) is 4.88. The van der Waals surface area contributed by atoms with E-state index in [0.717, 1.165) is 11.3 Å². The van der Waals surface area contributed by atoms with Gasteiger partial charge in [0.15, 0.2) is 0 Å². The maximum absolute atomic E-state index is 12.9. The predicted molar refractivity (Wildman–Crippen MR) is 94.7 cm³/mol. The second-order valence-electron chi connectivity index (χ2n) is 8.35. The summed E-state index contributed by atoms with van der Waals surface area (Å²) in [5.74, 6) is -0.167. The number of carbonyl (C=O) groups is 2. The van der Waals surface area contributed by atoms with E-state index in [1.54, 1.807) is 21.5 Å². The van der Waals surface area contributed by atoms with Gasteiger partial charge >= 0.3 is 6.09 Å². The SMILES string of the molecule is C[C@@H]1Cc2nn3c(c2CN1C(=O)OC(C)(C)C)C(=O)N(C)CC(CO)C3. The highest BCUT2D eigenvalue weighted by Gasteiger charge is 2.38. The van der Waals surface area contributed by atoms with Crippen LogP contribution in [0.5, 0.6) is 0 Å². The quantitative estimate of drug-likeness (QED) is 0.810. The maximum atomic E-state index is 12.9. The lowest BCUT2D eigenvalue weighted by atomic mass is 9.99. The first kappa shape index (κ1) is 18.7. The minimum atomic E-state index is -0.572. The van der Waals surface area contributed by atoms with E-state index >= 15 is 0 Å². The lowest BCUT2D eigenvalue weighted by molar-refractivity contribution is 0.0136. The van der Waals surface area contributed by atoms with Crippen molar-refractivity contribution in [1.82, 2.24) is 19.6 Å². The molecule has 8 nitrogen and oxygen atoms in total. The number of fused-ring (bicyclic) bond motifs is 3. The van der Waals surface area contributed by atoms with Crippen LogP contribution in [0.3, 0.4) is 0 Å². The van der Waals surface area contributed by atoms with Crippen LogP contribution in [0.1, 0.15) is 49.4 Å². The van der Waals surface area contributed by atoms with Crippen LogP contribution < -0.4 is 0 Å². The van der Waals surface area contributed by atoms with Gasteiger partial charge in [0.05, 0.1) is 12.2 Å². The van der Waals surface area contributed by atoms with Crippen molar-refractivity contribution in [2.24, 2.45) is 5.92 Å². The molecule has 3 heterocycles. The van der Waals surface area contributed by atoms with Crippen molar-refractivity contribution in [3.05, 3.63) is 17.0 Å². The number of amides is 2. The number of nitrogens with zero attached hydrogens (tertiary/aromatic N) is 4. The van der Waals surface area contributed by atoms with Crippen LogP contribution in [-0.4, -0.2) is 68.5 Å². The van der Waals surface area contributed by atoms with Crippen molar-refractivity contribution < 1.29 is 19.4 Å². The van der Waals surface area contributed by atoms with Gasteiger partial charge in [-0.1, -0.05) is 0 Å². The zero-order valence-corrected chi connectivity index (χ0v) is 16.2. The van der Waals surface area contributed by atoms with E-state index in [9.17, 15) is 14.7 Å². The summed E-state index contributed by atoms with van der Waals surface area (Å²) in [7, 11) is 1.73. The molecule has 0 bridgehead atoms. The van der Waals surface area contributed by atoms with Gasteiger partial charge in [0.25, 0.3) is 5.91 Å². The number of aliphatic hydroxyl groups excluding tert-OH is 1. The summed E-state index contributed by atoms with van der Waals surface area (Å²) in [6.07, 6.45) is 0.202. The Balaban J connectivity index is 1.94. The first-order valence-electron chi connectivity index (χ1n) is 9.05. The Labute approximate surface area is 153 Å². The van der Waals surface area contributed by atoms with Gasteiger partial charge in [-0.15, -0.1) is 0 Å². The van der Waals surface area contributed by atoms with Crippen LogP contribution in [0.4, 0.5) is 4.79 Å². The highest BCUT2D eigenvalue weighted by molar-refractivity contribution is 5.94. The molecular weight excluding hydrogens is 336 g/mol. The molecular formula is C18H28N4O4. The van der Waals surface area contributed by atoms with Crippen molar-refractivity contribution >= 4 is 12.0 Å². The lowest BCUT2D eigenvalue weighted by Crippen LogP contribution is -2.45. The number of carbonyl (C=O) groups excluding carboxylic acids is 2. The fourth-order valence-corrected chi connectivity index (χ4v) is 3.60. The Morgan fingerprint density at radius 1 is 1.35 bits per heavy atom. The number of ether oxygens (including phenoxy) is 1. The van der Waals surface area contributed by atoms with E-state index < -0.39 is 5.60 Å². The van der Waals surface area contributed by atoms with Crippen LogP contribution in [0, 0.1) is 5.92 Å². The molecule has 3 rings (SSSR count). The number of hydrogen-bond donors (Lipinski definition) is 1. The van der Waals surface area contributed by atoms with Gasteiger partial charge in [-0.05, 0) is 27.7 Å². The summed E-state index contributed by atoms with van der Waals surface area (Å²) in [6, 6.07) is -0.0574. The fraction of sp³-hybridized carbons (Fsp3) is 0.722. The van der Waals surface area contributed by atoms with E-state index in [1.165, 1.54) is 0 Å². The van der Waals surface area contributed by atoms with Crippen LogP contribution in [0.25, 0.3) is 0 Å².